The Kier molecular flexibility index (Phi) is 9.72. The molecule has 9 nitrogen and oxygen atoms in total. The van der Waals surface area contributed by atoms with E-state index in [-0.39, 0.29) is 32.6 Å². The summed E-state index contributed by atoms with van der Waals surface area (Å²) in [4.78, 5) is 25.9. The summed E-state index contributed by atoms with van der Waals surface area (Å²) in [7, 11) is -0.976. The highest BCUT2D eigenvalue weighted by atomic mass is 35.5. The van der Waals surface area contributed by atoms with Gasteiger partial charge in [0.15, 0.2) is 11.5 Å². The van der Waals surface area contributed by atoms with E-state index in [9.17, 15) is 18.0 Å². The Morgan fingerprint density at radius 2 is 1.60 bits per heavy atom. The molecule has 42 heavy (non-hydrogen) atoms. The predicted octanol–water partition coefficient (Wildman–Crippen LogP) is 5.69. The van der Waals surface area contributed by atoms with Gasteiger partial charge in [0.2, 0.25) is 0 Å². The molecule has 0 fully saturated rings. The summed E-state index contributed by atoms with van der Waals surface area (Å²) in [6.45, 7) is 2.18. The van der Waals surface area contributed by atoms with Gasteiger partial charge in [-0.05, 0) is 79.1 Å². The lowest BCUT2D eigenvalue weighted by Gasteiger charge is -2.14. The number of carbonyl (C=O) groups is 2. The molecule has 2 amide bonds. The van der Waals surface area contributed by atoms with E-state index in [0.29, 0.717) is 30.2 Å². The maximum atomic E-state index is 13.2. The summed E-state index contributed by atoms with van der Waals surface area (Å²) < 4.78 is 39.3. The lowest BCUT2D eigenvalue weighted by Crippen LogP contribution is -2.27. The lowest BCUT2D eigenvalue weighted by molar-refractivity contribution is 0.0955. The minimum Gasteiger partial charge on any atom is -0.493 e. The first kappa shape index (κ1) is 30.4. The topological polar surface area (TPSA) is 123 Å². The Labute approximate surface area is 249 Å². The van der Waals surface area contributed by atoms with Gasteiger partial charge in [-0.15, -0.1) is 0 Å². The Balaban J connectivity index is 1.46. The van der Waals surface area contributed by atoms with Crippen LogP contribution in [0.3, 0.4) is 0 Å². The van der Waals surface area contributed by atoms with Crippen LogP contribution in [0.2, 0.25) is 5.02 Å². The van der Waals surface area contributed by atoms with Crippen LogP contribution < -0.4 is 24.8 Å². The monoisotopic (exact) mass is 607 g/mol. The van der Waals surface area contributed by atoms with Crippen molar-refractivity contribution in [3.8, 4) is 11.5 Å². The third kappa shape index (κ3) is 7.39. The molecular formula is C31H30ClN3O6S. The molecule has 0 aliphatic rings. The van der Waals surface area contributed by atoms with Crippen LogP contribution in [0, 0.1) is 6.92 Å². The SMILES string of the molecule is COc1ccc(CCNC(=O)c2ccccc2NC(=O)c2ccc(Cl)c(S(=O)(=O)Nc3cccc(C)c3)c2)cc1OC. The highest BCUT2D eigenvalue weighted by molar-refractivity contribution is 7.92. The number of sulfonamides is 1. The molecule has 0 unspecified atom stereocenters. The number of benzene rings is 4. The third-order valence-corrected chi connectivity index (χ3v) is 8.18. The number of carbonyl (C=O) groups excluding carboxylic acids is 2. The Morgan fingerprint density at radius 3 is 2.33 bits per heavy atom. The fourth-order valence-corrected chi connectivity index (χ4v) is 5.78. The Hall–Kier alpha value is -4.54. The van der Waals surface area contributed by atoms with Gasteiger partial charge in [0.1, 0.15) is 4.90 Å². The smallest absolute Gasteiger partial charge is 0.263 e. The molecule has 0 bridgehead atoms. The first-order chi connectivity index (χ1) is 20.1. The normalized spacial score (nSPS) is 11.0. The van der Waals surface area contributed by atoms with Crippen molar-refractivity contribution in [1.82, 2.24) is 5.32 Å². The first-order valence-corrected chi connectivity index (χ1v) is 14.8. The fourth-order valence-electron chi connectivity index (χ4n) is 4.21. The summed E-state index contributed by atoms with van der Waals surface area (Å²) in [5.74, 6) is 0.221. The van der Waals surface area contributed by atoms with E-state index in [0.717, 1.165) is 11.1 Å². The van der Waals surface area contributed by atoms with Crippen molar-refractivity contribution in [3.63, 3.8) is 0 Å². The second-order valence-corrected chi connectivity index (χ2v) is 11.4. The standard InChI is InChI=1S/C31H30ClN3O6S/c1-20-7-6-8-23(17-20)35-42(38,39)29-19-22(12-13-25(29)32)30(36)34-26-10-5-4-9-24(26)31(37)33-16-15-21-11-14-27(40-2)28(18-21)41-3/h4-14,17-19,35H,15-16H2,1-3H3,(H,33,37)(H,34,36). The molecule has 4 rings (SSSR count). The van der Waals surface area contributed by atoms with E-state index < -0.39 is 15.9 Å². The average molecular weight is 608 g/mol. The Bertz CT molecular complexity index is 1730. The van der Waals surface area contributed by atoms with Crippen LogP contribution in [-0.2, 0) is 16.4 Å². The molecule has 0 radical (unpaired) electrons. The molecule has 218 valence electrons. The van der Waals surface area contributed by atoms with E-state index in [1.165, 1.54) is 18.2 Å². The van der Waals surface area contributed by atoms with Crippen molar-refractivity contribution in [3.05, 3.63) is 112 Å². The van der Waals surface area contributed by atoms with Crippen molar-refractivity contribution in [2.75, 3.05) is 30.8 Å². The summed E-state index contributed by atoms with van der Waals surface area (Å²) in [6, 6.07) is 22.9. The number of methoxy groups -OCH3 is 2. The van der Waals surface area contributed by atoms with Crippen LogP contribution in [0.15, 0.2) is 89.8 Å². The zero-order valence-electron chi connectivity index (χ0n) is 23.2. The van der Waals surface area contributed by atoms with Crippen molar-refractivity contribution in [2.45, 2.75) is 18.2 Å². The molecule has 0 aromatic heterocycles. The van der Waals surface area contributed by atoms with E-state index in [2.05, 4.69) is 15.4 Å². The number of hydrogen-bond acceptors (Lipinski definition) is 6. The molecule has 0 spiro atoms. The van der Waals surface area contributed by atoms with Gasteiger partial charge in [0, 0.05) is 17.8 Å². The third-order valence-electron chi connectivity index (χ3n) is 6.32. The first-order valence-electron chi connectivity index (χ1n) is 12.9. The highest BCUT2D eigenvalue weighted by Gasteiger charge is 2.21. The van der Waals surface area contributed by atoms with Gasteiger partial charge in [-0.3, -0.25) is 14.3 Å². The van der Waals surface area contributed by atoms with Gasteiger partial charge in [-0.1, -0.05) is 41.9 Å². The van der Waals surface area contributed by atoms with Gasteiger partial charge < -0.3 is 20.1 Å². The molecule has 0 saturated heterocycles. The summed E-state index contributed by atoms with van der Waals surface area (Å²) in [6.07, 6.45) is 0.541. The zero-order chi connectivity index (χ0) is 30.3. The van der Waals surface area contributed by atoms with Crippen molar-refractivity contribution >= 4 is 44.8 Å². The van der Waals surface area contributed by atoms with Gasteiger partial charge in [0.05, 0.1) is 30.5 Å². The molecule has 3 N–H and O–H groups in total. The van der Waals surface area contributed by atoms with E-state index in [1.54, 1.807) is 62.8 Å². The summed E-state index contributed by atoms with van der Waals surface area (Å²) in [5, 5.41) is 5.53. The van der Waals surface area contributed by atoms with Gasteiger partial charge in [-0.25, -0.2) is 8.42 Å². The van der Waals surface area contributed by atoms with Crippen LogP contribution in [0.5, 0.6) is 11.5 Å². The van der Waals surface area contributed by atoms with Gasteiger partial charge in [0.25, 0.3) is 21.8 Å². The number of para-hydroxylation sites is 1. The molecule has 0 aliphatic carbocycles. The minimum atomic E-state index is -4.09. The van der Waals surface area contributed by atoms with E-state index in [4.69, 9.17) is 21.1 Å². The Morgan fingerprint density at radius 1 is 0.833 bits per heavy atom. The zero-order valence-corrected chi connectivity index (χ0v) is 24.8. The highest BCUT2D eigenvalue weighted by Crippen LogP contribution is 2.28. The molecule has 0 saturated carbocycles. The number of ether oxygens (including phenoxy) is 2. The van der Waals surface area contributed by atoms with Crippen LogP contribution >= 0.6 is 11.6 Å². The fraction of sp³-hybridized carbons (Fsp3) is 0.161. The second-order valence-electron chi connectivity index (χ2n) is 9.32. The number of anilines is 2. The molecular weight excluding hydrogens is 578 g/mol. The quantitative estimate of drug-likeness (QED) is 0.201. The van der Waals surface area contributed by atoms with E-state index in [1.807, 2.05) is 25.1 Å². The number of halogens is 1. The molecule has 4 aromatic carbocycles. The van der Waals surface area contributed by atoms with Gasteiger partial charge >= 0.3 is 0 Å². The largest absolute Gasteiger partial charge is 0.493 e. The predicted molar refractivity (Wildman–Crippen MR) is 163 cm³/mol. The van der Waals surface area contributed by atoms with Gasteiger partial charge in [-0.2, -0.15) is 0 Å². The molecule has 4 aromatic rings. The molecule has 11 heteroatoms. The van der Waals surface area contributed by atoms with E-state index >= 15 is 0 Å². The van der Waals surface area contributed by atoms with Crippen molar-refractivity contribution in [1.29, 1.82) is 0 Å². The van der Waals surface area contributed by atoms with Crippen LogP contribution in [0.1, 0.15) is 31.8 Å². The molecule has 0 atom stereocenters. The van der Waals surface area contributed by atoms with Crippen molar-refractivity contribution < 1.29 is 27.5 Å². The number of aryl methyl sites for hydroxylation is 1. The second kappa shape index (κ2) is 13.4. The summed E-state index contributed by atoms with van der Waals surface area (Å²) in [5.41, 5.74) is 2.75. The molecule has 0 heterocycles. The number of nitrogens with one attached hydrogen (secondary N) is 3. The lowest BCUT2D eigenvalue weighted by atomic mass is 10.1. The maximum absolute atomic E-state index is 13.2. The minimum absolute atomic E-state index is 0.0408. The number of hydrogen-bond donors (Lipinski definition) is 3. The van der Waals surface area contributed by atoms with Crippen LogP contribution in [-0.4, -0.2) is 41.0 Å². The number of amides is 2. The summed E-state index contributed by atoms with van der Waals surface area (Å²) >= 11 is 6.22. The number of rotatable bonds is 11. The molecule has 0 aliphatic heterocycles. The van der Waals surface area contributed by atoms with Crippen LogP contribution in [0.25, 0.3) is 0 Å². The average Bonchev–Trinajstić information content (AvgIpc) is 2.97. The maximum Gasteiger partial charge on any atom is 0.263 e. The van der Waals surface area contributed by atoms with Crippen molar-refractivity contribution in [2.24, 2.45) is 0 Å². The van der Waals surface area contributed by atoms with Crippen LogP contribution in [0.4, 0.5) is 11.4 Å².